The molecule has 2 rings (SSSR count). The topological polar surface area (TPSA) is 42.0 Å². The monoisotopic (exact) mass is 218 g/mol. The molecule has 0 spiro atoms. The van der Waals surface area contributed by atoms with Crippen molar-refractivity contribution in [1.82, 2.24) is 10.3 Å². The lowest BCUT2D eigenvalue weighted by Crippen LogP contribution is -2.37. The SMILES string of the molecule is C[C@H]1CC[C@@H](NC(=O)c2ccccn2)CC1. The molecule has 3 heteroatoms. The summed E-state index contributed by atoms with van der Waals surface area (Å²) in [7, 11) is 0. The van der Waals surface area contributed by atoms with Gasteiger partial charge in [-0.3, -0.25) is 9.78 Å². The van der Waals surface area contributed by atoms with E-state index in [-0.39, 0.29) is 5.91 Å². The number of hydrogen-bond donors (Lipinski definition) is 1. The minimum Gasteiger partial charge on any atom is -0.348 e. The Morgan fingerprint density at radius 2 is 2.06 bits per heavy atom. The van der Waals surface area contributed by atoms with Crippen molar-refractivity contribution in [2.24, 2.45) is 5.92 Å². The van der Waals surface area contributed by atoms with E-state index in [9.17, 15) is 4.79 Å². The molecular formula is C13H18N2O. The van der Waals surface area contributed by atoms with Crippen LogP contribution in [0.25, 0.3) is 0 Å². The van der Waals surface area contributed by atoms with Crippen molar-refractivity contribution in [2.75, 3.05) is 0 Å². The third-order valence-electron chi connectivity index (χ3n) is 3.25. The van der Waals surface area contributed by atoms with Gasteiger partial charge in [0.15, 0.2) is 0 Å². The number of nitrogens with zero attached hydrogens (tertiary/aromatic N) is 1. The quantitative estimate of drug-likeness (QED) is 0.828. The van der Waals surface area contributed by atoms with Crippen molar-refractivity contribution in [1.29, 1.82) is 0 Å². The molecule has 86 valence electrons. The van der Waals surface area contributed by atoms with Crippen molar-refractivity contribution in [3.63, 3.8) is 0 Å². The van der Waals surface area contributed by atoms with E-state index in [2.05, 4.69) is 17.2 Å². The summed E-state index contributed by atoms with van der Waals surface area (Å²) in [6, 6.07) is 5.75. The van der Waals surface area contributed by atoms with Crippen molar-refractivity contribution in [3.8, 4) is 0 Å². The lowest BCUT2D eigenvalue weighted by Gasteiger charge is -2.26. The molecule has 1 amide bonds. The highest BCUT2D eigenvalue weighted by Crippen LogP contribution is 2.23. The van der Waals surface area contributed by atoms with Gasteiger partial charge in [-0.1, -0.05) is 13.0 Å². The summed E-state index contributed by atoms with van der Waals surface area (Å²) >= 11 is 0. The molecule has 1 fully saturated rings. The summed E-state index contributed by atoms with van der Waals surface area (Å²) in [4.78, 5) is 15.9. The first-order valence-corrected chi connectivity index (χ1v) is 5.97. The second-order valence-corrected chi connectivity index (χ2v) is 4.65. The molecule has 1 aliphatic rings. The van der Waals surface area contributed by atoms with Gasteiger partial charge >= 0.3 is 0 Å². The van der Waals surface area contributed by atoms with Crippen LogP contribution in [-0.2, 0) is 0 Å². The summed E-state index contributed by atoms with van der Waals surface area (Å²) in [5.41, 5.74) is 0.515. The molecule has 1 N–H and O–H groups in total. The fraction of sp³-hybridized carbons (Fsp3) is 0.538. The van der Waals surface area contributed by atoms with Crippen molar-refractivity contribution >= 4 is 5.91 Å². The van der Waals surface area contributed by atoms with E-state index >= 15 is 0 Å². The van der Waals surface area contributed by atoms with Gasteiger partial charge in [-0.2, -0.15) is 0 Å². The highest BCUT2D eigenvalue weighted by molar-refractivity contribution is 5.92. The first kappa shape index (κ1) is 11.1. The number of aromatic nitrogens is 1. The zero-order valence-corrected chi connectivity index (χ0v) is 9.65. The number of hydrogen-bond acceptors (Lipinski definition) is 2. The van der Waals surface area contributed by atoms with Crippen LogP contribution in [0.5, 0.6) is 0 Å². The van der Waals surface area contributed by atoms with Gasteiger partial charge < -0.3 is 5.32 Å². The molecule has 0 atom stereocenters. The van der Waals surface area contributed by atoms with Crippen LogP contribution in [0.1, 0.15) is 43.1 Å². The zero-order chi connectivity index (χ0) is 11.4. The van der Waals surface area contributed by atoms with Gasteiger partial charge in [0.1, 0.15) is 5.69 Å². The second-order valence-electron chi connectivity index (χ2n) is 4.65. The fourth-order valence-corrected chi connectivity index (χ4v) is 2.16. The Morgan fingerprint density at radius 3 is 2.69 bits per heavy atom. The lowest BCUT2D eigenvalue weighted by molar-refractivity contribution is 0.0918. The van der Waals surface area contributed by atoms with Gasteiger partial charge in [-0.25, -0.2) is 0 Å². The molecule has 0 aliphatic heterocycles. The first-order valence-electron chi connectivity index (χ1n) is 5.97. The number of amides is 1. The van der Waals surface area contributed by atoms with E-state index in [0.29, 0.717) is 11.7 Å². The number of rotatable bonds is 2. The highest BCUT2D eigenvalue weighted by Gasteiger charge is 2.20. The van der Waals surface area contributed by atoms with Crippen molar-refractivity contribution in [2.45, 2.75) is 38.6 Å². The molecule has 1 aromatic rings. The molecule has 1 heterocycles. The maximum atomic E-state index is 11.8. The third-order valence-corrected chi connectivity index (χ3v) is 3.25. The molecule has 0 unspecified atom stereocenters. The average molecular weight is 218 g/mol. The van der Waals surface area contributed by atoms with E-state index in [1.165, 1.54) is 12.8 Å². The lowest BCUT2D eigenvalue weighted by atomic mass is 9.87. The molecule has 16 heavy (non-hydrogen) atoms. The maximum absolute atomic E-state index is 11.8. The van der Waals surface area contributed by atoms with Crippen LogP contribution < -0.4 is 5.32 Å². The highest BCUT2D eigenvalue weighted by atomic mass is 16.1. The number of carbonyl (C=O) groups is 1. The Kier molecular flexibility index (Phi) is 3.54. The summed E-state index contributed by atoms with van der Waals surface area (Å²) in [6.07, 6.45) is 6.28. The minimum atomic E-state index is -0.0415. The van der Waals surface area contributed by atoms with Crippen LogP contribution in [-0.4, -0.2) is 16.9 Å². The van der Waals surface area contributed by atoms with Crippen LogP contribution in [0, 0.1) is 5.92 Å². The fourth-order valence-electron chi connectivity index (χ4n) is 2.16. The molecule has 0 radical (unpaired) electrons. The normalized spacial score (nSPS) is 25.1. The van der Waals surface area contributed by atoms with E-state index in [1.807, 2.05) is 12.1 Å². The zero-order valence-electron chi connectivity index (χ0n) is 9.65. The Balaban J connectivity index is 1.88. The Morgan fingerprint density at radius 1 is 1.31 bits per heavy atom. The molecule has 1 saturated carbocycles. The number of carbonyl (C=O) groups excluding carboxylic acids is 1. The standard InChI is InChI=1S/C13H18N2O/c1-10-5-7-11(8-6-10)15-13(16)12-4-2-3-9-14-12/h2-4,9-11H,5-8H2,1H3,(H,15,16)/t10-,11+. The summed E-state index contributed by atoms with van der Waals surface area (Å²) in [5.74, 6) is 0.767. The van der Waals surface area contributed by atoms with Crippen LogP contribution in [0.3, 0.4) is 0 Å². The maximum Gasteiger partial charge on any atom is 0.270 e. The first-order chi connectivity index (χ1) is 7.75. The molecular weight excluding hydrogens is 200 g/mol. The van der Waals surface area contributed by atoms with Gasteiger partial charge in [-0.05, 0) is 43.7 Å². The molecule has 0 saturated heterocycles. The molecule has 1 aromatic heterocycles. The largest absolute Gasteiger partial charge is 0.348 e. The average Bonchev–Trinajstić information content (AvgIpc) is 2.33. The number of nitrogens with one attached hydrogen (secondary N) is 1. The molecule has 0 aromatic carbocycles. The van der Waals surface area contributed by atoms with Crippen molar-refractivity contribution < 1.29 is 4.79 Å². The van der Waals surface area contributed by atoms with Gasteiger partial charge in [0, 0.05) is 12.2 Å². The van der Waals surface area contributed by atoms with Crippen molar-refractivity contribution in [3.05, 3.63) is 30.1 Å². The van der Waals surface area contributed by atoms with Crippen LogP contribution in [0.15, 0.2) is 24.4 Å². The number of pyridine rings is 1. The van der Waals surface area contributed by atoms with Gasteiger partial charge in [-0.15, -0.1) is 0 Å². The van der Waals surface area contributed by atoms with E-state index in [1.54, 1.807) is 12.3 Å². The van der Waals surface area contributed by atoms with Gasteiger partial charge in [0.2, 0.25) is 0 Å². The Bertz CT molecular complexity index is 342. The Hall–Kier alpha value is -1.38. The molecule has 3 nitrogen and oxygen atoms in total. The van der Waals surface area contributed by atoms with E-state index in [4.69, 9.17) is 0 Å². The van der Waals surface area contributed by atoms with E-state index < -0.39 is 0 Å². The van der Waals surface area contributed by atoms with E-state index in [0.717, 1.165) is 18.8 Å². The van der Waals surface area contributed by atoms with Gasteiger partial charge in [0.05, 0.1) is 0 Å². The molecule has 1 aliphatic carbocycles. The summed E-state index contributed by atoms with van der Waals surface area (Å²) in [6.45, 7) is 2.27. The second kappa shape index (κ2) is 5.10. The molecule has 0 bridgehead atoms. The summed E-state index contributed by atoms with van der Waals surface area (Å²) in [5, 5.41) is 3.05. The Labute approximate surface area is 96.3 Å². The predicted molar refractivity (Wildman–Crippen MR) is 63.1 cm³/mol. The van der Waals surface area contributed by atoms with Crippen LogP contribution >= 0.6 is 0 Å². The van der Waals surface area contributed by atoms with Crippen LogP contribution in [0.2, 0.25) is 0 Å². The summed E-state index contributed by atoms with van der Waals surface area (Å²) < 4.78 is 0. The van der Waals surface area contributed by atoms with Gasteiger partial charge in [0.25, 0.3) is 5.91 Å². The predicted octanol–water partition coefficient (Wildman–Crippen LogP) is 2.39. The smallest absolute Gasteiger partial charge is 0.270 e. The van der Waals surface area contributed by atoms with Crippen LogP contribution in [0.4, 0.5) is 0 Å². The third kappa shape index (κ3) is 2.81. The minimum absolute atomic E-state index is 0.0415.